The molecular weight excluding hydrogens is 452 g/mol. The third-order valence-corrected chi connectivity index (χ3v) is 4.88. The van der Waals surface area contributed by atoms with Gasteiger partial charge in [0.25, 0.3) is 0 Å². The minimum absolute atomic E-state index is 0.358. The Morgan fingerprint density at radius 2 is 1.89 bits per heavy atom. The monoisotopic (exact) mass is 469 g/mol. The van der Waals surface area contributed by atoms with Crippen molar-refractivity contribution in [2.45, 2.75) is 13.5 Å². The van der Waals surface area contributed by atoms with Gasteiger partial charge in [0.2, 0.25) is 0 Å². The molecule has 3 rings (SSSR count). The number of nitriles is 1. The van der Waals surface area contributed by atoms with Gasteiger partial charge < -0.3 is 4.74 Å². The molecule has 0 amide bonds. The Bertz CT molecular complexity index is 1020. The number of ether oxygens (including phenoxy) is 1. The van der Waals surface area contributed by atoms with E-state index in [1.54, 1.807) is 18.2 Å². The van der Waals surface area contributed by atoms with Crippen LogP contribution in [0.15, 0.2) is 66.7 Å². The molecule has 0 aromatic heterocycles. The summed E-state index contributed by atoms with van der Waals surface area (Å²) in [5.74, 6) is 0.431. The number of benzene rings is 3. The average molecular weight is 469 g/mol. The highest BCUT2D eigenvalue weighted by atomic mass is 127. The van der Waals surface area contributed by atoms with Gasteiger partial charge in [0.05, 0.1) is 15.2 Å². The zero-order chi connectivity index (χ0) is 19.2. The maximum absolute atomic E-state index is 13.4. The van der Waals surface area contributed by atoms with Gasteiger partial charge in [0, 0.05) is 0 Å². The Labute approximate surface area is 172 Å². The largest absolute Gasteiger partial charge is 0.488 e. The number of rotatable bonds is 5. The maximum Gasteiger partial charge on any atom is 0.133 e. The highest BCUT2D eigenvalue weighted by Crippen LogP contribution is 2.26. The van der Waals surface area contributed by atoms with Crippen LogP contribution in [-0.2, 0) is 6.61 Å². The summed E-state index contributed by atoms with van der Waals surface area (Å²) in [5, 5.41) is 9.42. The third kappa shape index (κ3) is 5.18. The molecule has 0 aliphatic rings. The van der Waals surface area contributed by atoms with Crippen molar-refractivity contribution in [2.24, 2.45) is 0 Å². The predicted molar refractivity (Wildman–Crippen MR) is 115 cm³/mol. The van der Waals surface area contributed by atoms with Crippen molar-refractivity contribution in [3.63, 3.8) is 0 Å². The van der Waals surface area contributed by atoms with Gasteiger partial charge in [0.15, 0.2) is 0 Å². The molecule has 0 radical (unpaired) electrons. The maximum atomic E-state index is 13.4. The van der Waals surface area contributed by atoms with Gasteiger partial charge in [-0.3, -0.25) is 0 Å². The number of allylic oxidation sites excluding steroid dienone is 1. The zero-order valence-corrected chi connectivity index (χ0v) is 16.9. The molecule has 0 bridgehead atoms. The lowest BCUT2D eigenvalue weighted by Crippen LogP contribution is -1.97. The SMILES string of the molecule is Cc1ccc(COc2ccc(/C=C(/C#N)c3cccc(F)c3)cc2I)cc1. The summed E-state index contributed by atoms with van der Waals surface area (Å²) < 4.78 is 20.3. The van der Waals surface area contributed by atoms with Gasteiger partial charge in [-0.25, -0.2) is 4.39 Å². The lowest BCUT2D eigenvalue weighted by Gasteiger charge is -2.09. The summed E-state index contributed by atoms with van der Waals surface area (Å²) in [7, 11) is 0. The second-order valence-electron chi connectivity index (χ2n) is 6.14. The molecule has 0 aliphatic heterocycles. The van der Waals surface area contributed by atoms with E-state index in [1.165, 1.54) is 17.7 Å². The Hall–Kier alpha value is -2.65. The van der Waals surface area contributed by atoms with Crippen LogP contribution in [0.25, 0.3) is 11.6 Å². The van der Waals surface area contributed by atoms with E-state index < -0.39 is 0 Å². The van der Waals surface area contributed by atoms with Gasteiger partial charge >= 0.3 is 0 Å². The van der Waals surface area contributed by atoms with Crippen LogP contribution >= 0.6 is 22.6 Å². The second kappa shape index (κ2) is 8.83. The summed E-state index contributed by atoms with van der Waals surface area (Å²) in [6.45, 7) is 2.55. The van der Waals surface area contributed by atoms with E-state index in [2.05, 4.69) is 59.8 Å². The fourth-order valence-electron chi connectivity index (χ4n) is 2.57. The molecule has 0 atom stereocenters. The number of halogens is 2. The number of hydrogen-bond acceptors (Lipinski definition) is 2. The van der Waals surface area contributed by atoms with E-state index in [-0.39, 0.29) is 5.82 Å². The fourth-order valence-corrected chi connectivity index (χ4v) is 3.27. The zero-order valence-electron chi connectivity index (χ0n) is 14.7. The van der Waals surface area contributed by atoms with Crippen LogP contribution in [0.4, 0.5) is 4.39 Å². The molecule has 0 saturated carbocycles. The van der Waals surface area contributed by atoms with Crippen LogP contribution in [0, 0.1) is 27.6 Å². The molecule has 3 aromatic carbocycles. The van der Waals surface area contributed by atoms with Gasteiger partial charge in [-0.05, 0) is 76.5 Å². The topological polar surface area (TPSA) is 33.0 Å². The molecule has 27 heavy (non-hydrogen) atoms. The van der Waals surface area contributed by atoms with Crippen molar-refractivity contribution in [1.82, 2.24) is 0 Å². The van der Waals surface area contributed by atoms with E-state index in [9.17, 15) is 9.65 Å². The molecule has 0 spiro atoms. The van der Waals surface area contributed by atoms with E-state index in [4.69, 9.17) is 4.74 Å². The first-order valence-electron chi connectivity index (χ1n) is 8.41. The Morgan fingerprint density at radius 1 is 1.11 bits per heavy atom. The van der Waals surface area contributed by atoms with E-state index in [0.29, 0.717) is 17.7 Å². The first kappa shape index (κ1) is 19.1. The lowest BCUT2D eigenvalue weighted by atomic mass is 10.0. The minimum atomic E-state index is -0.358. The van der Waals surface area contributed by atoms with E-state index in [0.717, 1.165) is 20.4 Å². The Morgan fingerprint density at radius 3 is 2.56 bits per heavy atom. The van der Waals surface area contributed by atoms with Crippen molar-refractivity contribution in [2.75, 3.05) is 0 Å². The Kier molecular flexibility index (Phi) is 6.25. The standard InChI is InChI=1S/C23H17FINO/c1-16-5-7-17(8-6-16)15-27-23-10-9-18(12-22(23)25)11-20(14-26)19-3-2-4-21(24)13-19/h2-13H,15H2,1H3/b20-11-. The first-order valence-corrected chi connectivity index (χ1v) is 9.48. The quantitative estimate of drug-likeness (QED) is 0.247. The molecule has 2 nitrogen and oxygen atoms in total. The third-order valence-electron chi connectivity index (χ3n) is 4.04. The molecule has 0 unspecified atom stereocenters. The first-order chi connectivity index (χ1) is 13.0. The summed E-state index contributed by atoms with van der Waals surface area (Å²) in [6.07, 6.45) is 1.75. The summed E-state index contributed by atoms with van der Waals surface area (Å²) >= 11 is 2.22. The summed E-state index contributed by atoms with van der Waals surface area (Å²) in [4.78, 5) is 0. The molecule has 3 aromatic rings. The molecule has 0 aliphatic carbocycles. The fraction of sp³-hybridized carbons (Fsp3) is 0.0870. The molecule has 0 heterocycles. The van der Waals surface area contributed by atoms with Crippen molar-refractivity contribution in [3.8, 4) is 11.8 Å². The molecule has 0 saturated heterocycles. The van der Waals surface area contributed by atoms with Crippen LogP contribution in [0.3, 0.4) is 0 Å². The smallest absolute Gasteiger partial charge is 0.133 e. The highest BCUT2D eigenvalue weighted by molar-refractivity contribution is 14.1. The van der Waals surface area contributed by atoms with E-state index >= 15 is 0 Å². The van der Waals surface area contributed by atoms with Crippen LogP contribution < -0.4 is 4.74 Å². The summed E-state index contributed by atoms with van der Waals surface area (Å²) in [6, 6.07) is 22.1. The normalized spacial score (nSPS) is 11.1. The van der Waals surface area contributed by atoms with Crippen molar-refractivity contribution >= 4 is 34.2 Å². The van der Waals surface area contributed by atoms with Crippen molar-refractivity contribution in [1.29, 1.82) is 5.26 Å². The van der Waals surface area contributed by atoms with Gasteiger partial charge in [-0.15, -0.1) is 0 Å². The average Bonchev–Trinajstić information content (AvgIpc) is 2.66. The van der Waals surface area contributed by atoms with Gasteiger partial charge in [0.1, 0.15) is 18.2 Å². The van der Waals surface area contributed by atoms with Crippen LogP contribution in [0.2, 0.25) is 0 Å². The van der Waals surface area contributed by atoms with Crippen LogP contribution in [0.5, 0.6) is 5.75 Å². The molecule has 4 heteroatoms. The second-order valence-corrected chi connectivity index (χ2v) is 7.31. The van der Waals surface area contributed by atoms with Crippen molar-refractivity contribution in [3.05, 3.63) is 98.4 Å². The molecule has 134 valence electrons. The van der Waals surface area contributed by atoms with Gasteiger partial charge in [-0.1, -0.05) is 48.0 Å². The van der Waals surface area contributed by atoms with Gasteiger partial charge in [-0.2, -0.15) is 5.26 Å². The molecule has 0 fully saturated rings. The lowest BCUT2D eigenvalue weighted by molar-refractivity contribution is 0.304. The van der Waals surface area contributed by atoms with E-state index in [1.807, 2.05) is 18.2 Å². The van der Waals surface area contributed by atoms with Crippen LogP contribution in [-0.4, -0.2) is 0 Å². The number of nitrogens with zero attached hydrogens (tertiary/aromatic N) is 1. The minimum Gasteiger partial charge on any atom is -0.488 e. The number of aryl methyl sites for hydroxylation is 1. The highest BCUT2D eigenvalue weighted by Gasteiger charge is 2.06. The molecular formula is C23H17FINO. The van der Waals surface area contributed by atoms with Crippen LogP contribution in [0.1, 0.15) is 22.3 Å². The Balaban J connectivity index is 1.77. The molecule has 0 N–H and O–H groups in total. The summed E-state index contributed by atoms with van der Waals surface area (Å²) in [5.41, 5.74) is 4.17. The predicted octanol–water partition coefficient (Wildman–Crippen LogP) is 6.38. The van der Waals surface area contributed by atoms with Crippen molar-refractivity contribution < 1.29 is 9.13 Å². The number of hydrogen-bond donors (Lipinski definition) is 0.